The van der Waals surface area contributed by atoms with E-state index in [1.807, 2.05) is 47.4 Å². The molecule has 12 rings (SSSR count). The van der Waals surface area contributed by atoms with Crippen LogP contribution in [0, 0.1) is 21.4 Å². The second kappa shape index (κ2) is 29.3. The maximum atomic E-state index is 13.9. The molecule has 93 heavy (non-hydrogen) atoms. The van der Waals surface area contributed by atoms with Crippen LogP contribution < -0.4 is 29.9 Å². The predicted octanol–water partition coefficient (Wildman–Crippen LogP) is 11.8. The first-order valence-corrected chi connectivity index (χ1v) is 34.3. The van der Waals surface area contributed by atoms with E-state index in [0.717, 1.165) is 110 Å². The van der Waals surface area contributed by atoms with Crippen molar-refractivity contribution < 1.29 is 37.5 Å². The maximum absolute atomic E-state index is 13.9. The number of hydrogen-bond acceptors (Lipinski definition) is 17. The number of halogens is 2. The van der Waals surface area contributed by atoms with E-state index in [4.69, 9.17) is 32.7 Å². The molecule has 4 aromatic carbocycles. The Bertz CT molecular complexity index is 3960. The third-order valence-corrected chi connectivity index (χ3v) is 20.3. The molecule has 3 aliphatic heterocycles. The van der Waals surface area contributed by atoms with Crippen LogP contribution in [0.4, 0.5) is 22.9 Å². The molecule has 6 heterocycles. The minimum absolute atomic E-state index is 0.0359. The maximum Gasteiger partial charge on any atom is 0.293 e. The number of nitrogens with one attached hydrogen (secondary N) is 4. The van der Waals surface area contributed by atoms with E-state index in [9.17, 15) is 33.2 Å². The van der Waals surface area contributed by atoms with Crippen LogP contribution in [0.1, 0.15) is 124 Å². The zero-order valence-electron chi connectivity index (χ0n) is 53.2. The van der Waals surface area contributed by atoms with Crippen molar-refractivity contribution in [3.63, 3.8) is 0 Å². The van der Waals surface area contributed by atoms with Crippen molar-refractivity contribution >= 4 is 84.5 Å². The van der Waals surface area contributed by atoms with Gasteiger partial charge in [0.25, 0.3) is 21.6 Å². The van der Waals surface area contributed by atoms with Crippen LogP contribution >= 0.6 is 23.2 Å². The number of nitro benzene ring substituents is 1. The number of piperazine rings is 2. The summed E-state index contributed by atoms with van der Waals surface area (Å²) in [6, 6.07) is 28.3. The number of nitro groups is 1. The van der Waals surface area contributed by atoms with Crippen LogP contribution in [-0.4, -0.2) is 151 Å². The summed E-state index contributed by atoms with van der Waals surface area (Å²) in [5, 5.41) is 31.1. The van der Waals surface area contributed by atoms with Gasteiger partial charge in [0.15, 0.2) is 0 Å². The van der Waals surface area contributed by atoms with E-state index >= 15 is 0 Å². The van der Waals surface area contributed by atoms with Gasteiger partial charge < -0.3 is 44.9 Å². The molecule has 3 aromatic heterocycles. The monoisotopic (exact) mass is 1320 g/mol. The molecule has 5 aliphatic rings. The second-order valence-electron chi connectivity index (χ2n) is 26.0. The second-order valence-corrected chi connectivity index (χ2v) is 28.6. The van der Waals surface area contributed by atoms with Crippen molar-refractivity contribution in [3.05, 3.63) is 169 Å². The lowest BCUT2D eigenvalue weighted by molar-refractivity contribution is -0.384. The fourth-order valence-corrected chi connectivity index (χ4v) is 14.3. The van der Waals surface area contributed by atoms with E-state index in [1.165, 1.54) is 35.0 Å². The standard InChI is InChI=1S/C45H50ClN7O7S.C24H32ClN5O2/c1-45(2)15-11-33(39(26-45)31-3-5-34(46)6-4-31)29-51-17-19-52(20-18-51)35-7-9-38(42(24-35)60-36-23-32-12-16-47-43(32)49-28-36)44(54)50-61(57,58)37-8-10-40(41(25-37)53(55)56)48-27-30-13-21-59-22-14-30;1-15(2)26-13-19(17-4-6-18(25)7-5-17)24(32)30-10-8-29(9-11-30)23-21-16(3)12-20(31)22(21)27-14-28-23/h3-10,12,16,23-25,28,30,48H,11,13-15,17-22,26-27,29H2,1-2H3,(H,47,49)(H,50,54);4-7,14-16,19-20,26,31H,8-13H2,1-3H3. The molecule has 2 amide bonds. The zero-order chi connectivity index (χ0) is 65.6. The molecule has 3 atom stereocenters. The van der Waals surface area contributed by atoms with Gasteiger partial charge in [-0.1, -0.05) is 87.7 Å². The largest absolute Gasteiger partial charge is 0.455 e. The number of fused-ring (bicyclic) bond motifs is 2. The number of aromatic amines is 1. The Hall–Kier alpha value is -7.70. The number of aliphatic hydroxyl groups excluding tert-OH is 1. The van der Waals surface area contributed by atoms with Crippen molar-refractivity contribution in [1.29, 1.82) is 0 Å². The number of aromatic nitrogens is 4. The van der Waals surface area contributed by atoms with E-state index in [2.05, 4.69) is 96.7 Å². The summed E-state index contributed by atoms with van der Waals surface area (Å²) in [5.41, 5.74) is 8.34. The van der Waals surface area contributed by atoms with Crippen LogP contribution in [0.15, 0.2) is 126 Å². The Kier molecular flexibility index (Phi) is 21.0. The van der Waals surface area contributed by atoms with Gasteiger partial charge in [0.05, 0.1) is 39.3 Å². The number of pyridine rings is 1. The van der Waals surface area contributed by atoms with Gasteiger partial charge in [0.1, 0.15) is 35.0 Å². The first kappa shape index (κ1) is 66.7. The molecule has 3 unspecified atom stereocenters. The highest BCUT2D eigenvalue weighted by Gasteiger charge is 2.36. The van der Waals surface area contributed by atoms with Gasteiger partial charge in [-0.05, 0) is 133 Å². The van der Waals surface area contributed by atoms with Gasteiger partial charge in [-0.2, -0.15) is 0 Å². The third kappa shape index (κ3) is 16.3. The summed E-state index contributed by atoms with van der Waals surface area (Å²) in [5.74, 6) is 0.824. The lowest BCUT2D eigenvalue weighted by atomic mass is 9.72. The smallest absolute Gasteiger partial charge is 0.293 e. The summed E-state index contributed by atoms with van der Waals surface area (Å²) >= 11 is 12.3. The normalized spacial score (nSPS) is 19.0. The number of allylic oxidation sites excluding steroid dienone is 1. The van der Waals surface area contributed by atoms with Gasteiger partial charge in [-0.25, -0.2) is 28.1 Å². The van der Waals surface area contributed by atoms with Crippen LogP contribution in [0.25, 0.3) is 16.6 Å². The minimum Gasteiger partial charge on any atom is -0.455 e. The van der Waals surface area contributed by atoms with Crippen LogP contribution in [0.5, 0.6) is 11.5 Å². The highest BCUT2D eigenvalue weighted by atomic mass is 35.5. The molecule has 24 heteroatoms. The number of aliphatic hydroxyl groups is 1. The number of rotatable bonds is 19. The molecule has 0 saturated carbocycles. The molecular weight excluding hydrogens is 1240 g/mol. The van der Waals surface area contributed by atoms with Gasteiger partial charge >= 0.3 is 0 Å². The van der Waals surface area contributed by atoms with Crippen LogP contribution in [-0.2, 0) is 19.6 Å². The Morgan fingerprint density at radius 3 is 2.30 bits per heavy atom. The molecule has 0 radical (unpaired) electrons. The van der Waals surface area contributed by atoms with Crippen molar-refractivity contribution in [2.75, 3.05) is 100 Å². The van der Waals surface area contributed by atoms with Crippen LogP contribution in [0.3, 0.4) is 0 Å². The van der Waals surface area contributed by atoms with Crippen molar-refractivity contribution in [1.82, 2.24) is 39.8 Å². The average molecular weight is 1330 g/mol. The van der Waals surface area contributed by atoms with Crippen LogP contribution in [0.2, 0.25) is 10.0 Å². The molecule has 3 saturated heterocycles. The van der Waals surface area contributed by atoms with E-state index in [1.54, 1.807) is 36.8 Å². The highest BCUT2D eigenvalue weighted by Crippen LogP contribution is 2.45. The van der Waals surface area contributed by atoms with Gasteiger partial charge in [-0.15, -0.1) is 0 Å². The molecule has 7 aromatic rings. The number of benzene rings is 4. The molecule has 2 aliphatic carbocycles. The molecule has 21 nitrogen and oxygen atoms in total. The average Bonchev–Trinajstić information content (AvgIpc) is 1.81. The van der Waals surface area contributed by atoms with E-state index in [-0.39, 0.29) is 46.1 Å². The topological polar surface area (TPSA) is 254 Å². The van der Waals surface area contributed by atoms with E-state index in [0.29, 0.717) is 81.4 Å². The summed E-state index contributed by atoms with van der Waals surface area (Å²) < 4.78 is 41.2. The van der Waals surface area contributed by atoms with Crippen molar-refractivity contribution in [2.24, 2.45) is 11.3 Å². The minimum atomic E-state index is -4.55. The Morgan fingerprint density at radius 1 is 0.882 bits per heavy atom. The quantitative estimate of drug-likeness (QED) is 0.0373. The highest BCUT2D eigenvalue weighted by molar-refractivity contribution is 7.90. The SMILES string of the molecule is CC(C)NCC(C(=O)N1CCN(c2ncnc3c2C(C)CC3O)CC1)c1ccc(Cl)cc1.CC1(C)CCC(CN2CCN(c3ccc(C(=O)NS(=O)(=O)c4ccc(NCC5CCOCC5)c([N+](=O)[O-])c4)c(Oc4cnc5[nH]ccc5c4)c3)CC2)=C(c2ccc(Cl)cc2)C1. The lowest BCUT2D eigenvalue weighted by Crippen LogP contribution is -2.51. The van der Waals surface area contributed by atoms with E-state index < -0.39 is 37.5 Å². The predicted molar refractivity (Wildman–Crippen MR) is 363 cm³/mol. The number of sulfonamides is 1. The van der Waals surface area contributed by atoms with Gasteiger partial charge in [-0.3, -0.25) is 24.6 Å². The van der Waals surface area contributed by atoms with Crippen molar-refractivity contribution in [3.8, 4) is 11.5 Å². The number of anilines is 3. The van der Waals surface area contributed by atoms with Gasteiger partial charge in [0.2, 0.25) is 5.91 Å². The van der Waals surface area contributed by atoms with Crippen molar-refractivity contribution in [2.45, 2.75) is 102 Å². The summed E-state index contributed by atoms with van der Waals surface area (Å²) in [6.45, 7) is 20.0. The lowest BCUT2D eigenvalue weighted by Gasteiger charge is -2.39. The molecule has 0 bridgehead atoms. The molecular formula is C69H82Cl2N12O9S. The number of amides is 2. The number of hydrogen-bond donors (Lipinski definition) is 5. The Labute approximate surface area is 553 Å². The number of carbonyl (C=O) groups is 2. The molecule has 492 valence electrons. The number of carbonyl (C=O) groups excluding carboxylic acids is 2. The Balaban J connectivity index is 0.000000232. The Morgan fingerprint density at radius 2 is 1.59 bits per heavy atom. The third-order valence-electron chi connectivity index (χ3n) is 18.4. The fraction of sp³-hybridized carbons (Fsp3) is 0.435. The number of H-pyrrole nitrogens is 1. The summed E-state index contributed by atoms with van der Waals surface area (Å²) in [6.07, 6.45) is 9.84. The molecule has 5 N–H and O–H groups in total. The summed E-state index contributed by atoms with van der Waals surface area (Å²) in [4.78, 5) is 63.6. The number of nitrogens with zero attached hydrogens (tertiary/aromatic N) is 8. The molecule has 0 spiro atoms. The fourth-order valence-electron chi connectivity index (χ4n) is 13.1. The van der Waals surface area contributed by atoms with Gasteiger partial charge in [0, 0.05) is 136 Å². The summed E-state index contributed by atoms with van der Waals surface area (Å²) in [7, 11) is -4.55. The molecule has 3 fully saturated rings. The number of ether oxygens (including phenoxy) is 2. The first-order chi connectivity index (χ1) is 44.6. The first-order valence-electron chi connectivity index (χ1n) is 32.1. The zero-order valence-corrected chi connectivity index (χ0v) is 55.6.